The quantitative estimate of drug-likeness (QED) is 0.353. The molecular weight excluding hydrogens is 398 g/mol. The predicted octanol–water partition coefficient (Wildman–Crippen LogP) is 6.65. The van der Waals surface area contributed by atoms with Crippen LogP contribution in [0.5, 0.6) is 0 Å². The van der Waals surface area contributed by atoms with Crippen molar-refractivity contribution in [1.82, 2.24) is 4.98 Å². The molecule has 0 aliphatic carbocycles. The number of aromatic nitrogens is 1. The summed E-state index contributed by atoms with van der Waals surface area (Å²) >= 11 is 1.65. The maximum atomic E-state index is 6.65. The lowest BCUT2D eigenvalue weighted by Gasteiger charge is -2.40. The van der Waals surface area contributed by atoms with Gasteiger partial charge in [-0.15, -0.1) is 0 Å². The maximum absolute atomic E-state index is 6.65. The molecule has 2 atom stereocenters. The minimum atomic E-state index is -1.89. The van der Waals surface area contributed by atoms with Crippen molar-refractivity contribution >= 4 is 20.1 Å². The first-order chi connectivity index (χ1) is 13.4. The number of hydrogen-bond donors (Lipinski definition) is 0. The van der Waals surface area contributed by atoms with E-state index in [-0.39, 0.29) is 22.0 Å². The second-order valence-electron chi connectivity index (χ2n) is 10.2. The minimum Gasteiger partial charge on any atom is -0.546 e. The van der Waals surface area contributed by atoms with Gasteiger partial charge in [0.25, 0.3) is 0 Å². The molecule has 164 valence electrons. The third kappa shape index (κ3) is 7.42. The van der Waals surface area contributed by atoms with E-state index in [0.717, 1.165) is 30.2 Å². The Hall–Kier alpha value is -0.823. The zero-order valence-corrected chi connectivity index (χ0v) is 21.3. The van der Waals surface area contributed by atoms with Crippen LogP contribution < -0.4 is 0 Å². The van der Waals surface area contributed by atoms with Crippen molar-refractivity contribution in [2.24, 2.45) is 5.41 Å². The van der Waals surface area contributed by atoms with Crippen molar-refractivity contribution in [2.75, 3.05) is 13.2 Å². The van der Waals surface area contributed by atoms with Crippen molar-refractivity contribution in [3.8, 4) is 0 Å². The molecule has 0 amide bonds. The second kappa shape index (κ2) is 9.99. The topological polar surface area (TPSA) is 40.6 Å². The van der Waals surface area contributed by atoms with Crippen LogP contribution in [0, 0.1) is 5.41 Å². The van der Waals surface area contributed by atoms with Crippen LogP contribution in [-0.4, -0.2) is 38.1 Å². The fraction of sp³-hybridized carbons (Fsp3) is 0.696. The smallest absolute Gasteiger partial charge is 0.250 e. The van der Waals surface area contributed by atoms with Gasteiger partial charge < -0.3 is 13.9 Å². The van der Waals surface area contributed by atoms with Gasteiger partial charge in [0, 0.05) is 18.2 Å². The number of ether oxygens (including phenoxy) is 2. The predicted molar refractivity (Wildman–Crippen MR) is 125 cm³/mol. The summed E-state index contributed by atoms with van der Waals surface area (Å²) in [6, 6.07) is 5.95. The maximum Gasteiger partial charge on any atom is 0.250 e. The van der Waals surface area contributed by atoms with Crippen LogP contribution in [0.4, 0.5) is 0 Å². The van der Waals surface area contributed by atoms with E-state index >= 15 is 0 Å². The molecule has 0 radical (unpaired) electrons. The molecule has 1 fully saturated rings. The Morgan fingerprint density at radius 1 is 1.24 bits per heavy atom. The standard InChI is InChI=1S/C23H39NO3SSi/c1-22(2,3)19(27-29(7,8)23(4,5)6)14-17-25-18-12-11-16-26-21(18)28-20-13-9-10-15-24-20/h9-10,13-15,18,21H,11-12,16-17H2,1-8H3/b19-14+/t18-,21+/m0/s1. The van der Waals surface area contributed by atoms with E-state index in [1.54, 1.807) is 11.8 Å². The van der Waals surface area contributed by atoms with Gasteiger partial charge in [-0.25, -0.2) is 4.98 Å². The summed E-state index contributed by atoms with van der Waals surface area (Å²) in [6.07, 6.45) is 6.04. The van der Waals surface area contributed by atoms with E-state index in [1.165, 1.54) is 0 Å². The van der Waals surface area contributed by atoms with Crippen LogP contribution in [0.3, 0.4) is 0 Å². The van der Waals surface area contributed by atoms with Crippen LogP contribution >= 0.6 is 11.8 Å². The third-order valence-corrected chi connectivity index (χ3v) is 11.1. The Morgan fingerprint density at radius 3 is 2.55 bits per heavy atom. The van der Waals surface area contributed by atoms with E-state index in [2.05, 4.69) is 65.7 Å². The van der Waals surface area contributed by atoms with Crippen LogP contribution in [0.15, 0.2) is 41.3 Å². The molecule has 2 heterocycles. The van der Waals surface area contributed by atoms with Crippen LogP contribution in [-0.2, 0) is 13.9 Å². The molecule has 0 unspecified atom stereocenters. The molecular formula is C23H39NO3SSi. The summed E-state index contributed by atoms with van der Waals surface area (Å²) in [6.45, 7) is 19.3. The van der Waals surface area contributed by atoms with Gasteiger partial charge in [0.05, 0.1) is 23.5 Å². The Morgan fingerprint density at radius 2 is 1.97 bits per heavy atom. The summed E-state index contributed by atoms with van der Waals surface area (Å²) in [4.78, 5) is 4.41. The molecule has 0 spiro atoms. The van der Waals surface area contributed by atoms with E-state index in [0.29, 0.717) is 6.61 Å². The van der Waals surface area contributed by atoms with Crippen molar-refractivity contribution in [1.29, 1.82) is 0 Å². The number of pyridine rings is 1. The summed E-state index contributed by atoms with van der Waals surface area (Å²) in [5, 5.41) is 1.14. The highest BCUT2D eigenvalue weighted by Gasteiger charge is 2.41. The van der Waals surface area contributed by atoms with Crippen LogP contribution in [0.1, 0.15) is 54.4 Å². The minimum absolute atomic E-state index is 0.0218. The van der Waals surface area contributed by atoms with Crippen LogP contribution in [0.2, 0.25) is 18.1 Å². The third-order valence-electron chi connectivity index (χ3n) is 5.58. The van der Waals surface area contributed by atoms with Crippen molar-refractivity contribution < 1.29 is 13.9 Å². The Labute approximate surface area is 182 Å². The molecule has 6 heteroatoms. The van der Waals surface area contributed by atoms with Crippen molar-refractivity contribution in [3.63, 3.8) is 0 Å². The molecule has 1 aromatic rings. The van der Waals surface area contributed by atoms with Crippen molar-refractivity contribution in [2.45, 2.75) is 89.1 Å². The SMILES string of the molecule is CC(C)(C)/C(=C\CO[C@H]1CCCO[C@@H]1Sc1ccccn1)O[Si](C)(C)C(C)(C)C. The fourth-order valence-electron chi connectivity index (χ4n) is 2.71. The summed E-state index contributed by atoms with van der Waals surface area (Å²) in [5.41, 5.74) is -0.0733. The molecule has 29 heavy (non-hydrogen) atoms. The molecule has 0 aromatic carbocycles. The number of allylic oxidation sites excluding steroid dienone is 1. The number of hydrogen-bond acceptors (Lipinski definition) is 5. The normalized spacial score (nSPS) is 21.9. The number of nitrogens with zero attached hydrogens (tertiary/aromatic N) is 1. The highest BCUT2D eigenvalue weighted by atomic mass is 32.2. The summed E-state index contributed by atoms with van der Waals surface area (Å²) < 4.78 is 18.9. The Bertz CT molecular complexity index is 665. The molecule has 0 N–H and O–H groups in total. The van der Waals surface area contributed by atoms with Gasteiger partial charge in [0.1, 0.15) is 5.44 Å². The number of thioether (sulfide) groups is 1. The first-order valence-electron chi connectivity index (χ1n) is 10.6. The highest BCUT2D eigenvalue weighted by Crippen LogP contribution is 2.41. The lowest BCUT2D eigenvalue weighted by molar-refractivity contribution is -0.0590. The molecule has 1 aromatic heterocycles. The average molecular weight is 438 g/mol. The molecule has 1 aliphatic heterocycles. The zero-order chi connectivity index (χ0) is 21.7. The monoisotopic (exact) mass is 437 g/mol. The fourth-order valence-corrected chi connectivity index (χ4v) is 5.00. The number of rotatable bonds is 7. The molecule has 4 nitrogen and oxygen atoms in total. The molecule has 0 bridgehead atoms. The van der Waals surface area contributed by atoms with Gasteiger partial charge in [-0.05, 0) is 49.2 Å². The molecule has 1 aliphatic rings. The zero-order valence-electron chi connectivity index (χ0n) is 19.5. The lowest BCUT2D eigenvalue weighted by Crippen LogP contribution is -2.42. The highest BCUT2D eigenvalue weighted by molar-refractivity contribution is 7.99. The first-order valence-corrected chi connectivity index (χ1v) is 14.4. The largest absolute Gasteiger partial charge is 0.546 e. The van der Waals surface area contributed by atoms with Gasteiger partial charge in [0.15, 0.2) is 0 Å². The lowest BCUT2D eigenvalue weighted by atomic mass is 9.94. The average Bonchev–Trinajstić information content (AvgIpc) is 2.61. The van der Waals surface area contributed by atoms with E-state index in [4.69, 9.17) is 13.9 Å². The molecule has 2 rings (SSSR count). The van der Waals surface area contributed by atoms with Crippen molar-refractivity contribution in [3.05, 3.63) is 36.2 Å². The first kappa shape index (κ1) is 24.4. The molecule has 0 saturated carbocycles. The van der Waals surface area contributed by atoms with E-state index < -0.39 is 8.32 Å². The van der Waals surface area contributed by atoms with E-state index in [9.17, 15) is 0 Å². The van der Waals surface area contributed by atoms with Gasteiger partial charge >= 0.3 is 0 Å². The summed E-state index contributed by atoms with van der Waals surface area (Å²) in [7, 11) is -1.89. The van der Waals surface area contributed by atoms with Gasteiger partial charge in [-0.2, -0.15) is 0 Å². The summed E-state index contributed by atoms with van der Waals surface area (Å²) in [5.74, 6) is 1.04. The van der Waals surface area contributed by atoms with Crippen LogP contribution in [0.25, 0.3) is 0 Å². The Kier molecular flexibility index (Phi) is 8.42. The Balaban J connectivity index is 2.04. The molecule has 1 saturated heterocycles. The van der Waals surface area contributed by atoms with Gasteiger partial charge in [-0.3, -0.25) is 0 Å². The van der Waals surface area contributed by atoms with Gasteiger partial charge in [-0.1, -0.05) is 59.4 Å². The second-order valence-corrected chi connectivity index (χ2v) is 16.1. The van der Waals surface area contributed by atoms with E-state index in [1.807, 2.05) is 24.4 Å². The van der Waals surface area contributed by atoms with Gasteiger partial charge in [0.2, 0.25) is 8.32 Å².